The van der Waals surface area contributed by atoms with Gasteiger partial charge in [0, 0.05) is 28.6 Å². The molecule has 234 valence electrons. The van der Waals surface area contributed by atoms with Crippen molar-refractivity contribution in [2.24, 2.45) is 5.92 Å². The lowest BCUT2D eigenvalue weighted by Gasteiger charge is -2.30. The number of rotatable bonds is 8. The number of anilines is 2. The molecular weight excluding hydrogens is 639 g/mol. The van der Waals surface area contributed by atoms with E-state index in [2.05, 4.69) is 5.32 Å². The number of carbonyl (C=O) groups excluding carboxylic acids is 4. The van der Waals surface area contributed by atoms with Crippen molar-refractivity contribution in [1.82, 2.24) is 4.57 Å². The fraction of sp³-hybridized carbons (Fsp3) is 0.194. The van der Waals surface area contributed by atoms with Crippen molar-refractivity contribution in [1.29, 1.82) is 0 Å². The molecule has 15 heteroatoms. The number of thiazole rings is 1. The summed E-state index contributed by atoms with van der Waals surface area (Å²) < 4.78 is 20.1. The summed E-state index contributed by atoms with van der Waals surface area (Å²) in [5, 5.41) is 13.2. The number of non-ortho nitro benzene ring substituents is 1. The number of amides is 3. The van der Waals surface area contributed by atoms with Crippen LogP contribution in [0.1, 0.15) is 33.6 Å². The molecule has 1 N–H and O–H groups in total. The van der Waals surface area contributed by atoms with Crippen LogP contribution in [-0.4, -0.2) is 45.0 Å². The molecule has 4 aromatic rings. The maximum absolute atomic E-state index is 13.9. The van der Waals surface area contributed by atoms with E-state index in [1.54, 1.807) is 6.92 Å². The SMILES string of the molecule is CCOC(=O)c1ccc(NC(=O)Cn2c3c(sc2=O)[C@H](c2ccc(F)cc2)C2C(=O)N(c4ccc([N+](=O)[O-])cc4)C(=O)C2S3)cc1. The highest BCUT2D eigenvalue weighted by Gasteiger charge is 2.56. The summed E-state index contributed by atoms with van der Waals surface area (Å²) in [4.78, 5) is 77.6. The number of esters is 1. The van der Waals surface area contributed by atoms with Crippen LogP contribution < -0.4 is 15.1 Å². The predicted molar refractivity (Wildman–Crippen MR) is 167 cm³/mol. The molecule has 0 saturated carbocycles. The Morgan fingerprint density at radius 2 is 1.65 bits per heavy atom. The number of nitrogens with zero attached hydrogens (tertiary/aromatic N) is 3. The topological polar surface area (TPSA) is 158 Å². The molecule has 6 rings (SSSR count). The van der Waals surface area contributed by atoms with Crippen molar-refractivity contribution in [3.63, 3.8) is 0 Å². The van der Waals surface area contributed by atoms with Crippen LogP contribution in [0.25, 0.3) is 0 Å². The molecule has 1 aromatic heterocycles. The monoisotopic (exact) mass is 662 g/mol. The Balaban J connectivity index is 1.33. The molecule has 1 saturated heterocycles. The Morgan fingerprint density at radius 1 is 0.978 bits per heavy atom. The molecule has 12 nitrogen and oxygen atoms in total. The average molecular weight is 663 g/mol. The smallest absolute Gasteiger partial charge is 0.338 e. The second-order valence-electron chi connectivity index (χ2n) is 10.3. The standard InChI is InChI=1S/C31H23FN4O8S2/c1-2-44-30(40)17-5-9-19(10-6-17)33-22(37)15-34-29-26(46-31(34)41)23(16-3-7-18(32)8-4-16)24-25(45-29)28(39)35(27(24)38)20-11-13-21(14-12-20)36(42)43/h3-14,23-25H,2,15H2,1H3,(H,33,37)/t23-,24?,25?/m1/s1. The molecule has 3 aromatic carbocycles. The molecule has 0 spiro atoms. The van der Waals surface area contributed by atoms with Gasteiger partial charge in [0.1, 0.15) is 17.6 Å². The second kappa shape index (κ2) is 12.3. The molecule has 2 unspecified atom stereocenters. The Hall–Kier alpha value is -5.15. The van der Waals surface area contributed by atoms with Gasteiger partial charge in [-0.1, -0.05) is 35.2 Å². The highest BCUT2D eigenvalue weighted by atomic mass is 32.2. The number of hydrogen-bond donors (Lipinski definition) is 1. The van der Waals surface area contributed by atoms with Gasteiger partial charge in [-0.3, -0.25) is 33.9 Å². The van der Waals surface area contributed by atoms with E-state index < -0.39 is 62.9 Å². The summed E-state index contributed by atoms with van der Waals surface area (Å²) in [6.45, 7) is 1.50. The summed E-state index contributed by atoms with van der Waals surface area (Å²) >= 11 is 1.84. The molecule has 3 amide bonds. The Labute approximate surface area is 267 Å². The zero-order chi connectivity index (χ0) is 32.7. The van der Waals surface area contributed by atoms with E-state index in [4.69, 9.17) is 4.74 Å². The van der Waals surface area contributed by atoms with Gasteiger partial charge < -0.3 is 10.1 Å². The van der Waals surface area contributed by atoms with E-state index in [-0.39, 0.29) is 18.0 Å². The largest absolute Gasteiger partial charge is 0.462 e. The van der Waals surface area contributed by atoms with Crippen molar-refractivity contribution in [3.05, 3.63) is 114 Å². The lowest BCUT2D eigenvalue weighted by molar-refractivity contribution is -0.384. The highest BCUT2D eigenvalue weighted by Crippen LogP contribution is 2.53. The first-order valence-electron chi connectivity index (χ1n) is 13.9. The van der Waals surface area contributed by atoms with Crippen LogP contribution in [0.3, 0.4) is 0 Å². The first-order chi connectivity index (χ1) is 22.1. The number of imide groups is 1. The third kappa shape index (κ3) is 5.58. The van der Waals surface area contributed by atoms with Gasteiger partial charge in [0.25, 0.3) is 5.69 Å². The minimum atomic E-state index is -0.996. The van der Waals surface area contributed by atoms with Gasteiger partial charge in [0.2, 0.25) is 17.7 Å². The molecule has 0 radical (unpaired) electrons. The Bertz CT molecular complexity index is 1940. The van der Waals surface area contributed by atoms with E-state index in [1.807, 2.05) is 0 Å². The molecule has 1 fully saturated rings. The van der Waals surface area contributed by atoms with Crippen LogP contribution in [-0.2, 0) is 25.7 Å². The average Bonchev–Trinajstić information content (AvgIpc) is 3.48. The maximum atomic E-state index is 13.9. The third-order valence-corrected chi connectivity index (χ3v) is 10.2. The number of nitro benzene ring substituents is 1. The summed E-state index contributed by atoms with van der Waals surface area (Å²) in [5.41, 5.74) is 1.13. The quantitative estimate of drug-likeness (QED) is 0.124. The molecule has 3 atom stereocenters. The number of carbonyl (C=O) groups is 4. The zero-order valence-corrected chi connectivity index (χ0v) is 25.5. The fourth-order valence-corrected chi connectivity index (χ4v) is 8.28. The summed E-state index contributed by atoms with van der Waals surface area (Å²) in [6.07, 6.45) is 0. The van der Waals surface area contributed by atoms with Crippen molar-refractivity contribution < 1.29 is 33.2 Å². The lowest BCUT2D eigenvalue weighted by atomic mass is 9.83. The molecule has 0 aliphatic carbocycles. The molecule has 2 aliphatic heterocycles. The van der Waals surface area contributed by atoms with Gasteiger partial charge in [-0.05, 0) is 61.0 Å². The number of aromatic nitrogens is 1. The van der Waals surface area contributed by atoms with Crippen LogP contribution in [0, 0.1) is 21.8 Å². The molecular formula is C31H23FN4O8S2. The van der Waals surface area contributed by atoms with Gasteiger partial charge in [-0.2, -0.15) is 0 Å². The van der Waals surface area contributed by atoms with Crippen molar-refractivity contribution in [3.8, 4) is 0 Å². The fourth-order valence-electron chi connectivity index (χ4n) is 5.51. The summed E-state index contributed by atoms with van der Waals surface area (Å²) in [6, 6.07) is 16.5. The van der Waals surface area contributed by atoms with Crippen molar-refractivity contribution >= 4 is 63.9 Å². The number of ether oxygens (including phenoxy) is 1. The first kappa shape index (κ1) is 30.9. The van der Waals surface area contributed by atoms with E-state index in [0.29, 0.717) is 26.7 Å². The van der Waals surface area contributed by atoms with Crippen LogP contribution >= 0.6 is 23.1 Å². The Kier molecular flexibility index (Phi) is 8.27. The summed E-state index contributed by atoms with van der Waals surface area (Å²) in [7, 11) is 0. The number of benzene rings is 3. The highest BCUT2D eigenvalue weighted by molar-refractivity contribution is 8.00. The number of halogens is 1. The molecule has 46 heavy (non-hydrogen) atoms. The van der Waals surface area contributed by atoms with E-state index in [1.165, 1.54) is 77.4 Å². The number of thioether (sulfide) groups is 1. The second-order valence-corrected chi connectivity index (χ2v) is 12.5. The normalized spacial score (nSPS) is 18.6. The number of hydrogen-bond acceptors (Lipinski definition) is 10. The van der Waals surface area contributed by atoms with E-state index in [9.17, 15) is 38.5 Å². The lowest BCUT2D eigenvalue weighted by Crippen LogP contribution is -2.33. The van der Waals surface area contributed by atoms with Crippen LogP contribution in [0.2, 0.25) is 0 Å². The van der Waals surface area contributed by atoms with Crippen molar-refractivity contribution in [2.75, 3.05) is 16.8 Å². The number of fused-ring (bicyclic) bond motifs is 2. The van der Waals surface area contributed by atoms with Crippen LogP contribution in [0.4, 0.5) is 21.5 Å². The van der Waals surface area contributed by atoms with Gasteiger partial charge in [0.05, 0.1) is 33.7 Å². The number of nitrogens with one attached hydrogen (secondary N) is 1. The molecule has 3 heterocycles. The third-order valence-electron chi connectivity index (χ3n) is 7.58. The minimum Gasteiger partial charge on any atom is -0.462 e. The van der Waals surface area contributed by atoms with Gasteiger partial charge in [0.15, 0.2) is 0 Å². The number of nitro groups is 1. The minimum absolute atomic E-state index is 0.155. The zero-order valence-electron chi connectivity index (χ0n) is 23.9. The van der Waals surface area contributed by atoms with Crippen LogP contribution in [0.5, 0.6) is 0 Å². The maximum Gasteiger partial charge on any atom is 0.338 e. The predicted octanol–water partition coefficient (Wildman–Crippen LogP) is 4.57. The van der Waals surface area contributed by atoms with Gasteiger partial charge in [-0.25, -0.2) is 14.1 Å². The van der Waals surface area contributed by atoms with Crippen molar-refractivity contribution in [2.45, 2.75) is 29.7 Å². The van der Waals surface area contributed by atoms with E-state index >= 15 is 0 Å². The van der Waals surface area contributed by atoms with Crippen LogP contribution in [0.15, 0.2) is 82.6 Å². The first-order valence-corrected chi connectivity index (χ1v) is 15.6. The van der Waals surface area contributed by atoms with E-state index in [0.717, 1.165) is 28.0 Å². The molecule has 0 bridgehead atoms. The molecule has 2 aliphatic rings. The summed E-state index contributed by atoms with van der Waals surface area (Å²) in [5.74, 6) is -4.48. The Morgan fingerprint density at radius 3 is 2.28 bits per heavy atom. The van der Waals surface area contributed by atoms with Gasteiger partial charge >= 0.3 is 10.8 Å². The van der Waals surface area contributed by atoms with Gasteiger partial charge in [-0.15, -0.1) is 0 Å².